The van der Waals surface area contributed by atoms with Crippen molar-refractivity contribution in [2.24, 2.45) is 0 Å². The van der Waals surface area contributed by atoms with Crippen LogP contribution in [0.1, 0.15) is 38.3 Å². The van der Waals surface area contributed by atoms with Crippen LogP contribution in [-0.2, 0) is 4.74 Å². The molecule has 0 aliphatic carbocycles. The van der Waals surface area contributed by atoms with E-state index >= 15 is 0 Å². The molecule has 1 aliphatic heterocycles. The number of hydrogen-bond donors (Lipinski definition) is 1. The number of nitrogens with one attached hydrogen (secondary N) is 1. The molecule has 1 aromatic carbocycles. The highest BCUT2D eigenvalue weighted by molar-refractivity contribution is 9.10. The predicted octanol–water partition coefficient (Wildman–Crippen LogP) is 3.68. The Morgan fingerprint density at radius 1 is 1.53 bits per heavy atom. The molecule has 2 rings (SSSR count). The molecule has 3 nitrogen and oxygen atoms in total. The maximum absolute atomic E-state index is 6.09. The zero-order chi connectivity index (χ0) is 13.7. The summed E-state index contributed by atoms with van der Waals surface area (Å²) in [4.78, 5) is 0. The van der Waals surface area contributed by atoms with Gasteiger partial charge < -0.3 is 14.8 Å². The molecule has 4 heteroatoms. The average Bonchev–Trinajstić information content (AvgIpc) is 2.89. The van der Waals surface area contributed by atoms with Crippen LogP contribution in [0.4, 0.5) is 0 Å². The van der Waals surface area contributed by atoms with E-state index in [1.807, 2.05) is 0 Å². The highest BCUT2D eigenvalue weighted by Gasteiger charge is 2.20. The van der Waals surface area contributed by atoms with Crippen LogP contribution < -0.4 is 10.1 Å². The maximum atomic E-state index is 6.09. The Hall–Kier alpha value is -0.580. The maximum Gasteiger partial charge on any atom is 0.125 e. The second-order valence-corrected chi connectivity index (χ2v) is 5.88. The lowest BCUT2D eigenvalue weighted by Gasteiger charge is -2.20. The van der Waals surface area contributed by atoms with Crippen LogP contribution in [-0.4, -0.2) is 25.9 Å². The second-order valence-electron chi connectivity index (χ2n) is 4.96. The molecule has 1 N–H and O–H groups in total. The number of ether oxygens (including phenoxy) is 2. The summed E-state index contributed by atoms with van der Waals surface area (Å²) in [6.45, 7) is 6.87. The third-order valence-electron chi connectivity index (χ3n) is 3.32. The molecule has 1 saturated heterocycles. The van der Waals surface area contributed by atoms with Gasteiger partial charge in [-0.25, -0.2) is 0 Å². The Morgan fingerprint density at radius 2 is 2.37 bits per heavy atom. The van der Waals surface area contributed by atoms with Crippen molar-refractivity contribution in [3.63, 3.8) is 0 Å². The van der Waals surface area contributed by atoms with Crippen molar-refractivity contribution in [2.45, 2.75) is 38.8 Å². The summed E-state index contributed by atoms with van der Waals surface area (Å²) in [6, 6.07) is 6.54. The smallest absolute Gasteiger partial charge is 0.125 e. The predicted molar refractivity (Wildman–Crippen MR) is 80.7 cm³/mol. The van der Waals surface area contributed by atoms with Gasteiger partial charge in [0.2, 0.25) is 0 Å². The highest BCUT2D eigenvalue weighted by atomic mass is 79.9. The van der Waals surface area contributed by atoms with Crippen molar-refractivity contribution in [2.75, 3.05) is 19.8 Å². The van der Waals surface area contributed by atoms with Crippen LogP contribution in [0.5, 0.6) is 5.75 Å². The summed E-state index contributed by atoms with van der Waals surface area (Å²) in [5, 5.41) is 3.51. The number of halogens is 1. The lowest BCUT2D eigenvalue weighted by atomic mass is 10.1. The molecule has 1 heterocycles. The Morgan fingerprint density at radius 3 is 3.05 bits per heavy atom. The van der Waals surface area contributed by atoms with Gasteiger partial charge in [-0.1, -0.05) is 28.9 Å². The topological polar surface area (TPSA) is 30.5 Å². The Labute approximate surface area is 123 Å². The zero-order valence-electron chi connectivity index (χ0n) is 11.6. The number of hydrogen-bond acceptors (Lipinski definition) is 3. The van der Waals surface area contributed by atoms with E-state index < -0.39 is 0 Å². The van der Waals surface area contributed by atoms with Crippen LogP contribution in [0.3, 0.4) is 0 Å². The summed E-state index contributed by atoms with van der Waals surface area (Å²) in [6.07, 6.45) is 2.29. The van der Waals surface area contributed by atoms with Crippen LogP contribution in [0.15, 0.2) is 22.7 Å². The lowest BCUT2D eigenvalue weighted by Crippen LogP contribution is -2.22. The molecule has 106 valence electrons. The molecule has 2 atom stereocenters. The number of benzene rings is 1. The van der Waals surface area contributed by atoms with Crippen molar-refractivity contribution in [3.05, 3.63) is 28.2 Å². The monoisotopic (exact) mass is 327 g/mol. The molecular formula is C15H22BrNO2. The van der Waals surface area contributed by atoms with Gasteiger partial charge in [-0.05, 0) is 32.0 Å². The molecule has 19 heavy (non-hydrogen) atoms. The van der Waals surface area contributed by atoms with Gasteiger partial charge in [0.05, 0.1) is 13.2 Å². The Balaban J connectivity index is 2.11. The van der Waals surface area contributed by atoms with E-state index in [9.17, 15) is 0 Å². The minimum Gasteiger partial charge on any atom is -0.488 e. The van der Waals surface area contributed by atoms with Crippen LogP contribution in [0, 0.1) is 0 Å². The third kappa shape index (κ3) is 4.20. The molecule has 1 fully saturated rings. The molecule has 0 spiro atoms. The van der Waals surface area contributed by atoms with Gasteiger partial charge in [-0.2, -0.15) is 0 Å². The zero-order valence-corrected chi connectivity index (χ0v) is 13.2. The van der Waals surface area contributed by atoms with Crippen molar-refractivity contribution >= 4 is 15.9 Å². The van der Waals surface area contributed by atoms with Crippen molar-refractivity contribution in [1.29, 1.82) is 0 Å². The standard InChI is InChI=1S/C15H22BrNO2/c1-3-7-17-11(2)14-5-4-12(16)9-15(14)19-13-6-8-18-10-13/h4-5,9,11,13,17H,3,6-8,10H2,1-2H3. The van der Waals surface area contributed by atoms with E-state index in [2.05, 4.69) is 53.3 Å². The SMILES string of the molecule is CCCNC(C)c1ccc(Br)cc1OC1CCOC1. The van der Waals surface area contributed by atoms with Gasteiger partial charge in [-0.15, -0.1) is 0 Å². The minimum absolute atomic E-state index is 0.187. The summed E-state index contributed by atoms with van der Waals surface area (Å²) in [5.41, 5.74) is 1.21. The van der Waals surface area contributed by atoms with Crippen molar-refractivity contribution in [3.8, 4) is 5.75 Å². The Kier molecular flexibility index (Phi) is 5.67. The van der Waals surface area contributed by atoms with Gasteiger partial charge in [0.25, 0.3) is 0 Å². The summed E-state index contributed by atoms with van der Waals surface area (Å²) in [7, 11) is 0. The van der Waals surface area contributed by atoms with Gasteiger partial charge in [0.1, 0.15) is 11.9 Å². The molecule has 2 unspecified atom stereocenters. The number of rotatable bonds is 6. The first-order valence-electron chi connectivity index (χ1n) is 6.98. The Bertz CT molecular complexity index is 405. The van der Waals surface area contributed by atoms with Crippen molar-refractivity contribution in [1.82, 2.24) is 5.32 Å². The molecule has 1 aromatic rings. The first-order valence-corrected chi connectivity index (χ1v) is 7.77. The fourth-order valence-corrected chi connectivity index (χ4v) is 2.56. The highest BCUT2D eigenvalue weighted by Crippen LogP contribution is 2.30. The van der Waals surface area contributed by atoms with E-state index in [0.717, 1.165) is 36.2 Å². The first kappa shape index (κ1) is 14.8. The van der Waals surface area contributed by atoms with E-state index in [4.69, 9.17) is 9.47 Å². The van der Waals surface area contributed by atoms with Gasteiger partial charge in [-0.3, -0.25) is 0 Å². The fraction of sp³-hybridized carbons (Fsp3) is 0.600. The van der Waals surface area contributed by atoms with Gasteiger partial charge >= 0.3 is 0 Å². The minimum atomic E-state index is 0.187. The lowest BCUT2D eigenvalue weighted by molar-refractivity contribution is 0.140. The molecular weight excluding hydrogens is 306 g/mol. The molecule has 0 aromatic heterocycles. The first-order chi connectivity index (χ1) is 9.20. The molecule has 0 bridgehead atoms. The van der Waals surface area contributed by atoms with E-state index in [1.54, 1.807) is 0 Å². The molecule has 1 aliphatic rings. The van der Waals surface area contributed by atoms with Crippen LogP contribution >= 0.6 is 15.9 Å². The van der Waals surface area contributed by atoms with Gasteiger partial charge in [0, 0.05) is 22.5 Å². The van der Waals surface area contributed by atoms with Crippen molar-refractivity contribution < 1.29 is 9.47 Å². The van der Waals surface area contributed by atoms with E-state index in [-0.39, 0.29) is 6.10 Å². The van der Waals surface area contributed by atoms with Crippen LogP contribution in [0.25, 0.3) is 0 Å². The quantitative estimate of drug-likeness (QED) is 0.864. The molecule has 0 saturated carbocycles. The fourth-order valence-electron chi connectivity index (χ4n) is 2.22. The van der Waals surface area contributed by atoms with Crippen LogP contribution in [0.2, 0.25) is 0 Å². The van der Waals surface area contributed by atoms with E-state index in [0.29, 0.717) is 12.6 Å². The molecule has 0 radical (unpaired) electrons. The largest absolute Gasteiger partial charge is 0.488 e. The summed E-state index contributed by atoms with van der Waals surface area (Å²) in [5.74, 6) is 0.959. The van der Waals surface area contributed by atoms with E-state index in [1.165, 1.54) is 5.56 Å². The molecule has 0 amide bonds. The summed E-state index contributed by atoms with van der Waals surface area (Å²) >= 11 is 3.52. The normalized spacial score (nSPS) is 20.5. The average molecular weight is 328 g/mol. The second kappa shape index (κ2) is 7.27. The van der Waals surface area contributed by atoms with Gasteiger partial charge in [0.15, 0.2) is 0 Å². The third-order valence-corrected chi connectivity index (χ3v) is 3.82. The summed E-state index contributed by atoms with van der Waals surface area (Å²) < 4.78 is 12.5.